The summed E-state index contributed by atoms with van der Waals surface area (Å²) >= 11 is 0. The van der Waals surface area contributed by atoms with Crippen molar-refractivity contribution >= 4 is 0 Å². The van der Waals surface area contributed by atoms with Gasteiger partial charge in [-0.15, -0.1) is 0 Å². The monoisotopic (exact) mass is 128 g/mol. The Labute approximate surface area is 57.2 Å². The molecule has 0 spiro atoms. The van der Waals surface area contributed by atoms with E-state index in [2.05, 4.69) is 17.5 Å². The van der Waals surface area contributed by atoms with Crippen LogP contribution in [0.2, 0.25) is 0 Å². The Kier molecular flexibility index (Phi) is 3.01. The molecule has 0 aliphatic carbocycles. The van der Waals surface area contributed by atoms with Crippen LogP contribution >= 0.6 is 0 Å². The van der Waals surface area contributed by atoms with Crippen LogP contribution in [-0.4, -0.2) is 25.1 Å². The predicted molar refractivity (Wildman–Crippen MR) is 39.1 cm³/mol. The average molecular weight is 128 g/mol. The van der Waals surface area contributed by atoms with Crippen molar-refractivity contribution in [1.29, 1.82) is 0 Å². The Morgan fingerprint density at radius 3 is 2.78 bits per heavy atom. The summed E-state index contributed by atoms with van der Waals surface area (Å²) < 4.78 is 0. The largest absolute Gasteiger partial charge is 0.255 e. The van der Waals surface area contributed by atoms with Crippen molar-refractivity contribution in [3.63, 3.8) is 0 Å². The van der Waals surface area contributed by atoms with Gasteiger partial charge >= 0.3 is 0 Å². The summed E-state index contributed by atoms with van der Waals surface area (Å²) in [6.07, 6.45) is 5.50. The zero-order chi connectivity index (χ0) is 6.53. The third kappa shape index (κ3) is 2.82. The van der Waals surface area contributed by atoms with Gasteiger partial charge in [0.1, 0.15) is 0 Å². The van der Waals surface area contributed by atoms with Gasteiger partial charge in [-0.1, -0.05) is 12.8 Å². The van der Waals surface area contributed by atoms with Gasteiger partial charge in [0.25, 0.3) is 0 Å². The second-order valence-electron chi connectivity index (χ2n) is 2.74. The maximum Gasteiger partial charge on any atom is 0.0127 e. The van der Waals surface area contributed by atoms with E-state index < -0.39 is 0 Å². The van der Waals surface area contributed by atoms with Crippen molar-refractivity contribution < 1.29 is 0 Å². The molecule has 54 valence electrons. The molecule has 1 aliphatic rings. The molecular weight excluding hydrogens is 112 g/mol. The molecule has 9 heavy (non-hydrogen) atoms. The minimum atomic E-state index is 1.16. The minimum Gasteiger partial charge on any atom is -0.255 e. The second-order valence-corrected chi connectivity index (χ2v) is 2.74. The van der Waals surface area contributed by atoms with Gasteiger partial charge in [-0.2, -0.15) is 0 Å². The third-order valence-electron chi connectivity index (χ3n) is 1.80. The van der Waals surface area contributed by atoms with Gasteiger partial charge < -0.3 is 0 Å². The van der Waals surface area contributed by atoms with Crippen LogP contribution in [0.4, 0.5) is 0 Å². The summed E-state index contributed by atoms with van der Waals surface area (Å²) in [7, 11) is 2.12. The number of hydrogen-bond donors (Lipinski definition) is 1. The first-order valence-electron chi connectivity index (χ1n) is 3.84. The molecule has 0 saturated carbocycles. The highest BCUT2D eigenvalue weighted by Crippen LogP contribution is 2.02. The highest BCUT2D eigenvalue weighted by atomic mass is 15.5. The molecule has 0 bridgehead atoms. The summed E-state index contributed by atoms with van der Waals surface area (Å²) in [4.78, 5) is 0. The van der Waals surface area contributed by atoms with E-state index in [9.17, 15) is 0 Å². The van der Waals surface area contributed by atoms with Gasteiger partial charge in [0.15, 0.2) is 0 Å². The van der Waals surface area contributed by atoms with Crippen LogP contribution in [-0.2, 0) is 0 Å². The molecule has 2 heteroatoms. The fourth-order valence-corrected chi connectivity index (χ4v) is 1.18. The highest BCUT2D eigenvalue weighted by molar-refractivity contribution is 4.53. The molecule has 0 radical (unpaired) electrons. The average Bonchev–Trinajstić information content (AvgIpc) is 1.79. The van der Waals surface area contributed by atoms with Crippen LogP contribution in [0.3, 0.4) is 0 Å². The smallest absolute Gasteiger partial charge is 0.0127 e. The first kappa shape index (κ1) is 7.03. The van der Waals surface area contributed by atoms with Gasteiger partial charge in [-0.05, 0) is 12.8 Å². The summed E-state index contributed by atoms with van der Waals surface area (Å²) in [5, 5.41) is 2.19. The van der Waals surface area contributed by atoms with E-state index in [0.717, 1.165) is 6.54 Å². The molecule has 0 aromatic carbocycles. The van der Waals surface area contributed by atoms with Crippen molar-refractivity contribution in [3.8, 4) is 0 Å². The van der Waals surface area contributed by atoms with Crippen LogP contribution < -0.4 is 5.43 Å². The lowest BCUT2D eigenvalue weighted by atomic mass is 10.2. The molecule has 1 rings (SSSR count). The van der Waals surface area contributed by atoms with Crippen molar-refractivity contribution in [3.05, 3.63) is 0 Å². The second kappa shape index (κ2) is 3.85. The maximum absolute atomic E-state index is 3.32. The van der Waals surface area contributed by atoms with Crippen molar-refractivity contribution in [2.24, 2.45) is 0 Å². The topological polar surface area (TPSA) is 15.3 Å². The Balaban J connectivity index is 2.12. The number of nitrogens with one attached hydrogen (secondary N) is 1. The van der Waals surface area contributed by atoms with Crippen molar-refractivity contribution in [2.75, 3.05) is 20.1 Å². The molecule has 1 N–H and O–H groups in total. The molecule has 0 aromatic heterocycles. The van der Waals surface area contributed by atoms with E-state index >= 15 is 0 Å². The minimum absolute atomic E-state index is 1.16. The maximum atomic E-state index is 3.32. The van der Waals surface area contributed by atoms with E-state index in [1.165, 1.54) is 32.2 Å². The van der Waals surface area contributed by atoms with Crippen molar-refractivity contribution in [2.45, 2.75) is 25.7 Å². The van der Waals surface area contributed by atoms with Crippen LogP contribution in [0.1, 0.15) is 25.7 Å². The predicted octanol–water partition coefficient (Wildman–Crippen LogP) is 0.997. The van der Waals surface area contributed by atoms with Gasteiger partial charge in [0, 0.05) is 20.1 Å². The lowest BCUT2D eigenvalue weighted by Crippen LogP contribution is -2.36. The summed E-state index contributed by atoms with van der Waals surface area (Å²) in [6, 6.07) is 0. The van der Waals surface area contributed by atoms with E-state index in [1.807, 2.05) is 0 Å². The van der Waals surface area contributed by atoms with E-state index in [1.54, 1.807) is 0 Å². The van der Waals surface area contributed by atoms with Gasteiger partial charge in [0.05, 0.1) is 0 Å². The molecule has 1 saturated heterocycles. The fourth-order valence-electron chi connectivity index (χ4n) is 1.18. The number of rotatable bonds is 0. The van der Waals surface area contributed by atoms with Gasteiger partial charge in [-0.3, -0.25) is 5.43 Å². The number of hydrazine groups is 1. The zero-order valence-corrected chi connectivity index (χ0v) is 6.19. The normalized spacial score (nSPS) is 25.0. The van der Waals surface area contributed by atoms with Crippen molar-refractivity contribution in [1.82, 2.24) is 10.4 Å². The fraction of sp³-hybridized carbons (Fsp3) is 1.00. The first-order valence-corrected chi connectivity index (χ1v) is 3.84. The molecule has 0 atom stereocenters. The Morgan fingerprint density at radius 2 is 1.89 bits per heavy atom. The summed E-state index contributed by atoms with van der Waals surface area (Å²) in [5.74, 6) is 0. The Bertz CT molecular complexity index is 65.3. The molecule has 2 nitrogen and oxygen atoms in total. The third-order valence-corrected chi connectivity index (χ3v) is 1.80. The molecule has 0 amide bonds. The number of nitrogens with zero attached hydrogens (tertiary/aromatic N) is 1. The SMILES string of the molecule is CN1CCCCCCN1. The Hall–Kier alpha value is -0.0800. The molecular formula is C7H16N2. The lowest BCUT2D eigenvalue weighted by Gasteiger charge is -2.20. The van der Waals surface area contributed by atoms with Crippen LogP contribution in [0.5, 0.6) is 0 Å². The van der Waals surface area contributed by atoms with Gasteiger partial charge in [0.2, 0.25) is 0 Å². The molecule has 1 aliphatic heterocycles. The molecule has 0 aromatic rings. The lowest BCUT2D eigenvalue weighted by molar-refractivity contribution is 0.215. The standard InChI is InChI=1S/C7H16N2/c1-9-7-5-3-2-4-6-8-9/h8H,2-7H2,1H3. The van der Waals surface area contributed by atoms with Crippen LogP contribution in [0.15, 0.2) is 0 Å². The van der Waals surface area contributed by atoms with E-state index in [-0.39, 0.29) is 0 Å². The molecule has 0 unspecified atom stereocenters. The van der Waals surface area contributed by atoms with Crippen LogP contribution in [0, 0.1) is 0 Å². The van der Waals surface area contributed by atoms with E-state index in [4.69, 9.17) is 0 Å². The molecule has 1 fully saturated rings. The molecule has 1 heterocycles. The number of hydrogen-bond acceptors (Lipinski definition) is 2. The van der Waals surface area contributed by atoms with Crippen LogP contribution in [0.25, 0.3) is 0 Å². The quantitative estimate of drug-likeness (QED) is 0.523. The van der Waals surface area contributed by atoms with E-state index in [0.29, 0.717) is 0 Å². The summed E-state index contributed by atoms with van der Waals surface area (Å²) in [6.45, 7) is 2.37. The van der Waals surface area contributed by atoms with Gasteiger partial charge in [-0.25, -0.2) is 5.01 Å². The highest BCUT2D eigenvalue weighted by Gasteiger charge is 1.99. The zero-order valence-electron chi connectivity index (χ0n) is 6.19. The summed E-state index contributed by atoms with van der Waals surface area (Å²) in [5.41, 5.74) is 3.32. The first-order chi connectivity index (χ1) is 4.39. The Morgan fingerprint density at radius 1 is 1.11 bits per heavy atom.